The molecule has 1 unspecified atom stereocenters. The van der Waals surface area contributed by atoms with Gasteiger partial charge in [-0.2, -0.15) is 4.98 Å². The van der Waals surface area contributed by atoms with Crippen LogP contribution in [-0.2, 0) is 4.79 Å². The summed E-state index contributed by atoms with van der Waals surface area (Å²) in [7, 11) is 0. The van der Waals surface area contributed by atoms with Crippen LogP contribution < -0.4 is 9.64 Å². The molecule has 4 rings (SSSR count). The van der Waals surface area contributed by atoms with Crippen LogP contribution in [0.3, 0.4) is 0 Å². The molecular formula is C22H24N4O2S2. The topological polar surface area (TPSA) is 68.2 Å². The lowest BCUT2D eigenvalue weighted by Crippen LogP contribution is -2.35. The van der Waals surface area contributed by atoms with E-state index in [0.29, 0.717) is 16.7 Å². The molecule has 0 saturated carbocycles. The van der Waals surface area contributed by atoms with Crippen LogP contribution in [0.4, 0.5) is 5.69 Å². The Kier molecular flexibility index (Phi) is 6.64. The zero-order valence-electron chi connectivity index (χ0n) is 17.1. The highest BCUT2D eigenvalue weighted by molar-refractivity contribution is 7.99. The normalized spacial score (nSPS) is 15.1. The fraction of sp³-hybridized carbons (Fsp3) is 0.364. The van der Waals surface area contributed by atoms with E-state index in [9.17, 15) is 4.79 Å². The van der Waals surface area contributed by atoms with E-state index in [-0.39, 0.29) is 5.91 Å². The van der Waals surface area contributed by atoms with Crippen molar-refractivity contribution in [3.63, 3.8) is 0 Å². The van der Waals surface area contributed by atoms with Crippen LogP contribution in [0, 0.1) is 0 Å². The summed E-state index contributed by atoms with van der Waals surface area (Å²) in [4.78, 5) is 19.9. The van der Waals surface area contributed by atoms with Crippen LogP contribution in [0.5, 0.6) is 5.88 Å². The summed E-state index contributed by atoms with van der Waals surface area (Å²) < 4.78 is 6.33. The first kappa shape index (κ1) is 20.8. The number of carbonyl (C=O) groups is 1. The van der Waals surface area contributed by atoms with Crippen molar-refractivity contribution >= 4 is 34.7 Å². The number of hydrogen-bond acceptors (Lipinski definition) is 7. The lowest BCUT2D eigenvalue weighted by atomic mass is 10.1. The maximum absolute atomic E-state index is 12.7. The van der Waals surface area contributed by atoms with Crippen LogP contribution in [0.2, 0.25) is 0 Å². The summed E-state index contributed by atoms with van der Waals surface area (Å²) in [6, 6.07) is 11.6. The molecule has 1 aliphatic heterocycles. The molecule has 0 aliphatic carbocycles. The maximum atomic E-state index is 12.7. The fourth-order valence-electron chi connectivity index (χ4n) is 3.42. The minimum Gasteiger partial charge on any atom is -0.446 e. The Morgan fingerprint density at radius 3 is 2.80 bits per heavy atom. The number of nitrogens with zero attached hydrogens (tertiary/aromatic N) is 4. The molecule has 156 valence electrons. The van der Waals surface area contributed by atoms with Crippen LogP contribution in [0.15, 0.2) is 46.9 Å². The van der Waals surface area contributed by atoms with Crippen molar-refractivity contribution in [3.8, 4) is 17.1 Å². The second kappa shape index (κ2) is 9.57. The molecule has 0 fully saturated rings. The van der Waals surface area contributed by atoms with Crippen molar-refractivity contribution in [2.75, 3.05) is 10.7 Å². The van der Waals surface area contributed by atoms with Gasteiger partial charge < -0.3 is 4.74 Å². The number of para-hydroxylation sites is 1. The molecule has 30 heavy (non-hydrogen) atoms. The largest absolute Gasteiger partial charge is 0.446 e. The average molecular weight is 441 g/mol. The van der Waals surface area contributed by atoms with E-state index in [1.54, 1.807) is 34.9 Å². The van der Waals surface area contributed by atoms with Gasteiger partial charge in [-0.05, 0) is 23.9 Å². The molecule has 0 bridgehead atoms. The summed E-state index contributed by atoms with van der Waals surface area (Å²) in [5.74, 6) is 1.26. The number of anilines is 1. The van der Waals surface area contributed by atoms with E-state index in [1.807, 2.05) is 41.8 Å². The number of hydrogen-bond donors (Lipinski definition) is 0. The highest BCUT2D eigenvalue weighted by Gasteiger charge is 2.34. The summed E-state index contributed by atoms with van der Waals surface area (Å²) in [6.07, 6.45) is 4.20. The summed E-state index contributed by atoms with van der Waals surface area (Å²) in [6.45, 7) is 3.75. The first-order valence-electron chi connectivity index (χ1n) is 10.2. The summed E-state index contributed by atoms with van der Waals surface area (Å²) >= 11 is 3.14. The summed E-state index contributed by atoms with van der Waals surface area (Å²) in [5, 5.41) is 11.4. The van der Waals surface area contributed by atoms with Gasteiger partial charge in [0.2, 0.25) is 23.2 Å². The minimum atomic E-state index is -0.594. The lowest BCUT2D eigenvalue weighted by molar-refractivity contribution is -0.118. The maximum Gasteiger partial charge on any atom is 0.247 e. The number of rotatable bonds is 7. The summed E-state index contributed by atoms with van der Waals surface area (Å²) in [5.41, 5.74) is 2.10. The van der Waals surface area contributed by atoms with Crippen LogP contribution in [0.25, 0.3) is 11.3 Å². The second-order valence-corrected chi connectivity index (χ2v) is 9.09. The van der Waals surface area contributed by atoms with Crippen molar-refractivity contribution < 1.29 is 9.53 Å². The number of carbonyl (C=O) groups excluding carboxylic acids is 1. The number of benzene rings is 1. The van der Waals surface area contributed by atoms with Gasteiger partial charge in [-0.1, -0.05) is 62.2 Å². The van der Waals surface area contributed by atoms with E-state index in [0.717, 1.165) is 28.3 Å². The Hall–Kier alpha value is -2.45. The van der Waals surface area contributed by atoms with E-state index in [1.165, 1.54) is 19.3 Å². The van der Waals surface area contributed by atoms with Crippen molar-refractivity contribution in [1.82, 2.24) is 15.2 Å². The Labute approximate surface area is 184 Å². The van der Waals surface area contributed by atoms with Crippen LogP contribution in [0.1, 0.15) is 50.6 Å². The number of thioether (sulfide) groups is 1. The molecule has 3 heterocycles. The molecule has 0 N–H and O–H groups in total. The number of unbranched alkanes of at least 4 members (excludes halogenated alkanes) is 3. The molecule has 0 radical (unpaired) electrons. The van der Waals surface area contributed by atoms with Gasteiger partial charge >= 0.3 is 0 Å². The number of ether oxygens (including phenoxy) is 1. The van der Waals surface area contributed by atoms with Crippen molar-refractivity contribution in [2.45, 2.75) is 50.9 Å². The Morgan fingerprint density at radius 1 is 1.17 bits per heavy atom. The van der Waals surface area contributed by atoms with Gasteiger partial charge in [-0.25, -0.2) is 0 Å². The molecule has 1 aliphatic rings. The Morgan fingerprint density at radius 2 is 2.03 bits per heavy atom. The molecule has 8 heteroatoms. The molecule has 1 amide bonds. The molecule has 6 nitrogen and oxygen atoms in total. The molecule has 3 aromatic rings. The van der Waals surface area contributed by atoms with Gasteiger partial charge in [0.05, 0.1) is 10.6 Å². The van der Waals surface area contributed by atoms with Gasteiger partial charge in [0.1, 0.15) is 0 Å². The molecular weight excluding hydrogens is 416 g/mol. The highest BCUT2D eigenvalue weighted by Crippen LogP contribution is 2.44. The number of thiophene rings is 1. The molecule has 0 spiro atoms. The van der Waals surface area contributed by atoms with Crippen molar-refractivity contribution in [2.24, 2.45) is 0 Å². The zero-order chi connectivity index (χ0) is 20.9. The van der Waals surface area contributed by atoms with E-state index in [2.05, 4.69) is 22.1 Å². The Bertz CT molecular complexity index is 1010. The highest BCUT2D eigenvalue weighted by atomic mass is 32.2. The monoisotopic (exact) mass is 440 g/mol. The predicted octanol–water partition coefficient (Wildman–Crippen LogP) is 5.72. The third-order valence-corrected chi connectivity index (χ3v) is 6.69. The number of aromatic nitrogens is 3. The van der Waals surface area contributed by atoms with E-state index < -0.39 is 6.23 Å². The van der Waals surface area contributed by atoms with Gasteiger partial charge in [-0.15, -0.1) is 21.5 Å². The predicted molar refractivity (Wildman–Crippen MR) is 121 cm³/mol. The van der Waals surface area contributed by atoms with Crippen molar-refractivity contribution in [1.29, 1.82) is 0 Å². The number of amides is 1. The first-order chi connectivity index (χ1) is 14.7. The van der Waals surface area contributed by atoms with Gasteiger partial charge in [0.25, 0.3) is 0 Å². The van der Waals surface area contributed by atoms with Crippen LogP contribution in [-0.4, -0.2) is 26.8 Å². The smallest absolute Gasteiger partial charge is 0.247 e. The minimum absolute atomic E-state index is 0.105. The van der Waals surface area contributed by atoms with Gasteiger partial charge in [0.15, 0.2) is 5.69 Å². The van der Waals surface area contributed by atoms with E-state index in [4.69, 9.17) is 4.74 Å². The third-order valence-electron chi connectivity index (χ3n) is 4.87. The zero-order valence-corrected chi connectivity index (χ0v) is 18.7. The third kappa shape index (κ3) is 4.34. The van der Waals surface area contributed by atoms with Crippen molar-refractivity contribution in [3.05, 3.63) is 46.7 Å². The molecule has 1 atom stereocenters. The average Bonchev–Trinajstić information content (AvgIpc) is 3.24. The SMILES string of the molecule is CCCCCCSc1nnc2c(n1)OC(c1cccs1)N(C(C)=O)c1ccccc1-2. The standard InChI is InChI=1S/C22H24N4O2S2/c1-3-4-5-8-13-30-22-23-20-19(24-25-22)16-10-6-7-11-17(16)26(15(2)27)21(28-20)18-12-9-14-29-18/h6-7,9-12,14,21H,3-5,8,13H2,1-2H3. The molecule has 0 saturated heterocycles. The fourth-order valence-corrected chi connectivity index (χ4v) is 4.94. The molecule has 2 aromatic heterocycles. The molecule has 1 aromatic carbocycles. The quantitative estimate of drug-likeness (QED) is 0.346. The number of fused-ring (bicyclic) bond motifs is 3. The lowest BCUT2D eigenvalue weighted by Gasteiger charge is -2.28. The first-order valence-corrected chi connectivity index (χ1v) is 12.0. The Balaban J connectivity index is 1.71. The van der Waals surface area contributed by atoms with Gasteiger partial charge in [0, 0.05) is 18.2 Å². The van der Waals surface area contributed by atoms with Gasteiger partial charge in [-0.3, -0.25) is 9.69 Å². The van der Waals surface area contributed by atoms with E-state index >= 15 is 0 Å². The second-order valence-electron chi connectivity index (χ2n) is 7.05. The van der Waals surface area contributed by atoms with Crippen LogP contribution >= 0.6 is 23.1 Å².